The van der Waals surface area contributed by atoms with Crippen LogP contribution in [0.15, 0.2) is 22.7 Å². The molecule has 0 heterocycles. The van der Waals surface area contributed by atoms with Crippen molar-refractivity contribution >= 4 is 33.4 Å². The molecular formula is C14H19BrClNO. The molecule has 0 spiro atoms. The van der Waals surface area contributed by atoms with Gasteiger partial charge in [0, 0.05) is 16.9 Å². The average Bonchev–Trinajstić information content (AvgIpc) is 2.26. The summed E-state index contributed by atoms with van der Waals surface area (Å²) in [5.74, 6) is 0.557. The third-order valence-corrected chi connectivity index (χ3v) is 3.71. The summed E-state index contributed by atoms with van der Waals surface area (Å²) < 4.78 is 0.829. The summed E-state index contributed by atoms with van der Waals surface area (Å²) in [7, 11) is 0. The zero-order valence-electron chi connectivity index (χ0n) is 11.0. The lowest BCUT2D eigenvalue weighted by Crippen LogP contribution is -2.34. The standard InChI is InChI=1S/C14H19BrClNO/c1-10-4-5-11(12(15)8-10)13(18)17-9-14(2,3)6-7-16/h4-5,8H,6-7,9H2,1-3H3,(H,17,18). The van der Waals surface area contributed by atoms with E-state index in [9.17, 15) is 4.79 Å². The van der Waals surface area contributed by atoms with Crippen molar-refractivity contribution in [2.75, 3.05) is 12.4 Å². The summed E-state index contributed by atoms with van der Waals surface area (Å²) in [5.41, 5.74) is 1.82. The van der Waals surface area contributed by atoms with E-state index in [1.165, 1.54) is 0 Å². The highest BCUT2D eigenvalue weighted by molar-refractivity contribution is 9.10. The molecule has 0 saturated heterocycles. The summed E-state index contributed by atoms with van der Waals surface area (Å²) >= 11 is 9.16. The van der Waals surface area contributed by atoms with E-state index in [1.807, 2.05) is 25.1 Å². The summed E-state index contributed by atoms with van der Waals surface area (Å²) in [6.07, 6.45) is 0.879. The minimum Gasteiger partial charge on any atom is -0.351 e. The van der Waals surface area contributed by atoms with E-state index in [4.69, 9.17) is 11.6 Å². The second kappa shape index (κ2) is 6.58. The molecule has 2 nitrogen and oxygen atoms in total. The Morgan fingerprint density at radius 1 is 1.44 bits per heavy atom. The van der Waals surface area contributed by atoms with Gasteiger partial charge >= 0.3 is 0 Å². The maximum absolute atomic E-state index is 12.1. The summed E-state index contributed by atoms with van der Waals surface area (Å²) in [5, 5.41) is 2.96. The Morgan fingerprint density at radius 3 is 2.67 bits per heavy atom. The van der Waals surface area contributed by atoms with Crippen LogP contribution >= 0.6 is 27.5 Å². The normalized spacial score (nSPS) is 11.4. The van der Waals surface area contributed by atoms with Gasteiger partial charge in [-0.2, -0.15) is 0 Å². The molecule has 0 unspecified atom stereocenters. The zero-order chi connectivity index (χ0) is 13.8. The molecule has 0 aromatic heterocycles. The number of carbonyl (C=O) groups excluding carboxylic acids is 1. The van der Waals surface area contributed by atoms with Crippen molar-refractivity contribution in [1.29, 1.82) is 0 Å². The second-order valence-electron chi connectivity index (χ2n) is 5.27. The summed E-state index contributed by atoms with van der Waals surface area (Å²) in [6.45, 7) is 6.81. The van der Waals surface area contributed by atoms with E-state index in [2.05, 4.69) is 35.1 Å². The van der Waals surface area contributed by atoms with Crippen LogP contribution in [0.25, 0.3) is 0 Å². The smallest absolute Gasteiger partial charge is 0.252 e. The van der Waals surface area contributed by atoms with Gasteiger partial charge in [-0.1, -0.05) is 19.9 Å². The Hall–Kier alpha value is -0.540. The fourth-order valence-corrected chi connectivity index (χ4v) is 2.75. The van der Waals surface area contributed by atoms with Crippen molar-refractivity contribution in [2.45, 2.75) is 27.2 Å². The third kappa shape index (κ3) is 4.62. The quantitative estimate of drug-likeness (QED) is 0.807. The molecule has 0 radical (unpaired) electrons. The number of rotatable bonds is 5. The molecule has 100 valence electrons. The molecule has 4 heteroatoms. The van der Waals surface area contributed by atoms with Crippen LogP contribution in [0.5, 0.6) is 0 Å². The highest BCUT2D eigenvalue weighted by Crippen LogP contribution is 2.21. The van der Waals surface area contributed by atoms with Crippen molar-refractivity contribution in [3.8, 4) is 0 Å². The Morgan fingerprint density at radius 2 is 2.11 bits per heavy atom. The van der Waals surface area contributed by atoms with Crippen LogP contribution in [-0.4, -0.2) is 18.3 Å². The molecule has 0 aliphatic carbocycles. The average molecular weight is 333 g/mol. The first-order valence-electron chi connectivity index (χ1n) is 5.96. The largest absolute Gasteiger partial charge is 0.351 e. The fourth-order valence-electron chi connectivity index (χ4n) is 1.56. The van der Waals surface area contributed by atoms with Crippen LogP contribution in [0, 0.1) is 12.3 Å². The van der Waals surface area contributed by atoms with Crippen molar-refractivity contribution in [1.82, 2.24) is 5.32 Å². The van der Waals surface area contributed by atoms with Crippen LogP contribution in [0.2, 0.25) is 0 Å². The molecule has 1 aromatic carbocycles. The molecule has 1 rings (SSSR count). The van der Waals surface area contributed by atoms with Gasteiger partial charge in [0.05, 0.1) is 5.56 Å². The van der Waals surface area contributed by atoms with Gasteiger partial charge in [0.15, 0.2) is 0 Å². The second-order valence-corrected chi connectivity index (χ2v) is 6.50. The number of alkyl halides is 1. The molecule has 0 atom stereocenters. The minimum atomic E-state index is -0.0514. The molecule has 0 saturated carbocycles. The topological polar surface area (TPSA) is 29.1 Å². The Balaban J connectivity index is 2.66. The lowest BCUT2D eigenvalue weighted by molar-refractivity contribution is 0.0935. The van der Waals surface area contributed by atoms with E-state index in [0.29, 0.717) is 18.0 Å². The van der Waals surface area contributed by atoms with E-state index in [0.717, 1.165) is 16.5 Å². The molecule has 0 fully saturated rings. The fraction of sp³-hybridized carbons (Fsp3) is 0.500. The summed E-state index contributed by atoms with van der Waals surface area (Å²) in [4.78, 5) is 12.1. The van der Waals surface area contributed by atoms with Gasteiger partial charge in [-0.15, -0.1) is 11.6 Å². The predicted octanol–water partition coefficient (Wildman–Crippen LogP) is 4.14. The van der Waals surface area contributed by atoms with Gasteiger partial charge in [-0.3, -0.25) is 4.79 Å². The van der Waals surface area contributed by atoms with Gasteiger partial charge in [-0.25, -0.2) is 0 Å². The zero-order valence-corrected chi connectivity index (χ0v) is 13.4. The number of aryl methyl sites for hydroxylation is 1. The van der Waals surface area contributed by atoms with Gasteiger partial charge in [-0.05, 0) is 52.4 Å². The van der Waals surface area contributed by atoms with E-state index < -0.39 is 0 Å². The Kier molecular flexibility index (Phi) is 5.67. The van der Waals surface area contributed by atoms with Crippen LogP contribution in [0.4, 0.5) is 0 Å². The van der Waals surface area contributed by atoms with Crippen molar-refractivity contribution in [2.24, 2.45) is 5.41 Å². The minimum absolute atomic E-state index is 0.0224. The number of hydrogen-bond donors (Lipinski definition) is 1. The number of carbonyl (C=O) groups is 1. The first-order valence-corrected chi connectivity index (χ1v) is 7.29. The highest BCUT2D eigenvalue weighted by atomic mass is 79.9. The third-order valence-electron chi connectivity index (χ3n) is 2.87. The molecular weight excluding hydrogens is 314 g/mol. The molecule has 0 aliphatic heterocycles. The highest BCUT2D eigenvalue weighted by Gasteiger charge is 2.19. The van der Waals surface area contributed by atoms with Crippen LogP contribution < -0.4 is 5.32 Å². The first-order chi connectivity index (χ1) is 8.35. The monoisotopic (exact) mass is 331 g/mol. The number of benzene rings is 1. The lowest BCUT2D eigenvalue weighted by atomic mass is 9.90. The number of nitrogens with one attached hydrogen (secondary N) is 1. The number of halogens is 2. The number of hydrogen-bond acceptors (Lipinski definition) is 1. The molecule has 18 heavy (non-hydrogen) atoms. The lowest BCUT2D eigenvalue weighted by Gasteiger charge is -2.23. The SMILES string of the molecule is Cc1ccc(C(=O)NCC(C)(C)CCCl)c(Br)c1. The predicted molar refractivity (Wildman–Crippen MR) is 80.3 cm³/mol. The van der Waals surface area contributed by atoms with E-state index >= 15 is 0 Å². The Labute approximate surface area is 122 Å². The number of amides is 1. The van der Waals surface area contributed by atoms with Gasteiger partial charge in [0.25, 0.3) is 5.91 Å². The maximum atomic E-state index is 12.1. The maximum Gasteiger partial charge on any atom is 0.252 e. The summed E-state index contributed by atoms with van der Waals surface area (Å²) in [6, 6.07) is 5.71. The van der Waals surface area contributed by atoms with Gasteiger partial charge in [0.1, 0.15) is 0 Å². The molecule has 1 amide bonds. The van der Waals surface area contributed by atoms with Crippen LogP contribution in [-0.2, 0) is 0 Å². The van der Waals surface area contributed by atoms with Crippen molar-refractivity contribution in [3.63, 3.8) is 0 Å². The van der Waals surface area contributed by atoms with Crippen LogP contribution in [0.1, 0.15) is 36.2 Å². The molecule has 0 bridgehead atoms. The van der Waals surface area contributed by atoms with E-state index in [1.54, 1.807) is 0 Å². The Bertz CT molecular complexity index is 432. The van der Waals surface area contributed by atoms with E-state index in [-0.39, 0.29) is 11.3 Å². The van der Waals surface area contributed by atoms with Gasteiger partial charge < -0.3 is 5.32 Å². The molecule has 0 aliphatic rings. The van der Waals surface area contributed by atoms with Crippen molar-refractivity contribution in [3.05, 3.63) is 33.8 Å². The van der Waals surface area contributed by atoms with Gasteiger partial charge in [0.2, 0.25) is 0 Å². The first kappa shape index (κ1) is 15.5. The molecule has 1 aromatic rings. The van der Waals surface area contributed by atoms with Crippen LogP contribution in [0.3, 0.4) is 0 Å². The molecule has 1 N–H and O–H groups in total. The van der Waals surface area contributed by atoms with Crippen molar-refractivity contribution < 1.29 is 4.79 Å².